The Morgan fingerprint density at radius 2 is 1.78 bits per heavy atom. The van der Waals surface area contributed by atoms with Gasteiger partial charge in [-0.05, 0) is 25.8 Å². The van der Waals surface area contributed by atoms with Gasteiger partial charge in [-0.1, -0.05) is 0 Å². The summed E-state index contributed by atoms with van der Waals surface area (Å²) in [5.74, 6) is 0.553. The Kier molecular flexibility index (Phi) is 10.3. The van der Waals surface area contributed by atoms with Crippen LogP contribution in [0.5, 0.6) is 5.75 Å². The van der Waals surface area contributed by atoms with E-state index in [1.165, 1.54) is 13.2 Å². The highest BCUT2D eigenvalue weighted by molar-refractivity contribution is 6.60. The fraction of sp³-hybridized carbons (Fsp3) is 0.647. The van der Waals surface area contributed by atoms with Crippen LogP contribution in [-0.4, -0.2) is 55.3 Å². The van der Waals surface area contributed by atoms with E-state index < -0.39 is 13.7 Å². The highest BCUT2D eigenvalue weighted by atomic mass is 28.4. The monoisotopic (exact) mass is 402 g/mol. The number of ether oxygens (including phenoxy) is 2. The second kappa shape index (κ2) is 11.9. The Bertz CT molecular complexity index is 589. The van der Waals surface area contributed by atoms with Crippen molar-refractivity contribution in [3.05, 3.63) is 27.8 Å². The lowest BCUT2D eigenvalue weighted by molar-refractivity contribution is -0.385. The van der Waals surface area contributed by atoms with Gasteiger partial charge in [-0.25, -0.2) is 0 Å². The van der Waals surface area contributed by atoms with Gasteiger partial charge in [-0.15, -0.1) is 0 Å². The molecular weight excluding hydrogens is 372 g/mol. The number of unbranched alkanes of at least 4 members (excludes halogenated alkanes) is 1. The quantitative estimate of drug-likeness (QED) is 0.219. The third-order valence-electron chi connectivity index (χ3n) is 4.18. The summed E-state index contributed by atoms with van der Waals surface area (Å²) in [6.07, 6.45) is 1.58. The van der Waals surface area contributed by atoms with Crippen molar-refractivity contribution >= 4 is 20.2 Å². The van der Waals surface area contributed by atoms with E-state index in [2.05, 4.69) is 5.32 Å². The zero-order chi connectivity index (χ0) is 20.3. The van der Waals surface area contributed by atoms with E-state index in [4.69, 9.17) is 22.8 Å². The summed E-state index contributed by atoms with van der Waals surface area (Å²) in [5, 5.41) is 14.4. The molecule has 0 spiro atoms. The molecule has 0 saturated heterocycles. The SMILES string of the molecule is CCNc1cc([N+](=O)[O-])c(COCCCC[Si](OC)(OC)OC)cc1OC. The molecule has 0 amide bonds. The van der Waals surface area contributed by atoms with Crippen molar-refractivity contribution < 1.29 is 27.7 Å². The van der Waals surface area contributed by atoms with Gasteiger partial charge >= 0.3 is 8.80 Å². The van der Waals surface area contributed by atoms with Crippen LogP contribution in [0.1, 0.15) is 25.3 Å². The first-order chi connectivity index (χ1) is 13.0. The summed E-state index contributed by atoms with van der Waals surface area (Å²) in [7, 11) is 3.72. The molecule has 0 radical (unpaired) electrons. The Hall–Kier alpha value is -1.72. The molecular formula is C17H30N2O7Si. The molecule has 0 fully saturated rings. The first kappa shape index (κ1) is 23.3. The van der Waals surface area contributed by atoms with E-state index >= 15 is 0 Å². The molecule has 0 aliphatic rings. The highest BCUT2D eigenvalue weighted by Gasteiger charge is 2.36. The average Bonchev–Trinajstić information content (AvgIpc) is 2.68. The van der Waals surface area contributed by atoms with Gasteiger partial charge in [0, 0.05) is 46.6 Å². The lowest BCUT2D eigenvalue weighted by atomic mass is 10.1. The Balaban J connectivity index is 2.62. The normalized spacial score (nSPS) is 11.4. The minimum absolute atomic E-state index is 0.0105. The van der Waals surface area contributed by atoms with Crippen LogP contribution in [0.15, 0.2) is 12.1 Å². The van der Waals surface area contributed by atoms with Crippen molar-refractivity contribution in [1.29, 1.82) is 0 Å². The van der Waals surface area contributed by atoms with Crippen molar-refractivity contribution in [3.8, 4) is 5.75 Å². The minimum Gasteiger partial charge on any atom is -0.495 e. The van der Waals surface area contributed by atoms with Crippen LogP contribution in [0.4, 0.5) is 11.4 Å². The largest absolute Gasteiger partial charge is 0.500 e. The third kappa shape index (κ3) is 6.74. The number of rotatable bonds is 14. The zero-order valence-corrected chi connectivity index (χ0v) is 17.7. The van der Waals surface area contributed by atoms with Crippen molar-refractivity contribution in [2.75, 3.05) is 46.9 Å². The number of nitro groups is 1. The summed E-state index contributed by atoms with van der Waals surface area (Å²) in [5.41, 5.74) is 1.08. The van der Waals surface area contributed by atoms with Gasteiger partial charge in [0.25, 0.3) is 5.69 Å². The molecule has 0 atom stereocenters. The highest BCUT2D eigenvalue weighted by Crippen LogP contribution is 2.33. The van der Waals surface area contributed by atoms with E-state index in [0.29, 0.717) is 36.2 Å². The van der Waals surface area contributed by atoms with Crippen LogP contribution >= 0.6 is 0 Å². The molecule has 1 N–H and O–H groups in total. The molecule has 0 aliphatic heterocycles. The van der Waals surface area contributed by atoms with Crippen LogP contribution < -0.4 is 10.1 Å². The Labute approximate surface area is 161 Å². The van der Waals surface area contributed by atoms with E-state index in [1.54, 1.807) is 27.4 Å². The van der Waals surface area contributed by atoms with Crippen LogP contribution in [0, 0.1) is 10.1 Å². The first-order valence-corrected chi connectivity index (χ1v) is 10.7. The molecule has 1 aromatic carbocycles. The number of benzene rings is 1. The van der Waals surface area contributed by atoms with Gasteiger partial charge in [0.1, 0.15) is 5.75 Å². The molecule has 0 unspecified atom stereocenters. The van der Waals surface area contributed by atoms with E-state index in [0.717, 1.165) is 12.8 Å². The molecule has 27 heavy (non-hydrogen) atoms. The van der Waals surface area contributed by atoms with Gasteiger partial charge in [0.2, 0.25) is 0 Å². The molecule has 0 heterocycles. The van der Waals surface area contributed by atoms with Gasteiger partial charge in [-0.2, -0.15) is 0 Å². The van der Waals surface area contributed by atoms with Crippen LogP contribution in [0.3, 0.4) is 0 Å². The van der Waals surface area contributed by atoms with Crippen LogP contribution in [0.2, 0.25) is 6.04 Å². The molecule has 0 aliphatic carbocycles. The van der Waals surface area contributed by atoms with Gasteiger partial charge in [0.05, 0.1) is 29.9 Å². The zero-order valence-electron chi connectivity index (χ0n) is 16.7. The number of nitrogens with zero attached hydrogens (tertiary/aromatic N) is 1. The summed E-state index contributed by atoms with van der Waals surface area (Å²) < 4.78 is 27.1. The smallest absolute Gasteiger partial charge is 0.495 e. The topological polar surface area (TPSA) is 101 Å². The van der Waals surface area contributed by atoms with Crippen LogP contribution in [-0.2, 0) is 24.6 Å². The van der Waals surface area contributed by atoms with Crippen molar-refractivity contribution in [2.24, 2.45) is 0 Å². The maximum absolute atomic E-state index is 11.4. The molecule has 0 aromatic heterocycles. The summed E-state index contributed by atoms with van der Waals surface area (Å²) in [6, 6.07) is 3.82. The third-order valence-corrected chi connectivity index (χ3v) is 7.01. The van der Waals surface area contributed by atoms with Crippen LogP contribution in [0.25, 0.3) is 0 Å². The Morgan fingerprint density at radius 3 is 2.30 bits per heavy atom. The fourth-order valence-electron chi connectivity index (χ4n) is 2.68. The molecule has 1 aromatic rings. The minimum atomic E-state index is -2.56. The molecule has 0 saturated carbocycles. The standard InChI is InChI=1S/C17H30N2O7Si/c1-6-18-15-12-16(19(20)21)14(11-17(15)22-2)13-26-9-7-8-10-27(23-3,24-4)25-5/h11-12,18H,6-10,13H2,1-5H3. The predicted octanol–water partition coefficient (Wildman–Crippen LogP) is 3.21. The number of nitro benzene ring substituents is 1. The van der Waals surface area contributed by atoms with E-state index in [-0.39, 0.29) is 12.3 Å². The molecule has 0 bridgehead atoms. The number of methoxy groups -OCH3 is 1. The van der Waals surface area contributed by atoms with Gasteiger partial charge in [-0.3, -0.25) is 10.1 Å². The van der Waals surface area contributed by atoms with Crippen molar-refractivity contribution in [3.63, 3.8) is 0 Å². The fourth-order valence-corrected chi connectivity index (χ4v) is 4.47. The molecule has 10 heteroatoms. The Morgan fingerprint density at radius 1 is 1.11 bits per heavy atom. The number of nitrogens with one attached hydrogen (secondary N) is 1. The first-order valence-electron chi connectivity index (χ1n) is 8.79. The molecule has 154 valence electrons. The maximum atomic E-state index is 11.4. The average molecular weight is 403 g/mol. The summed E-state index contributed by atoms with van der Waals surface area (Å²) in [4.78, 5) is 11.0. The molecule has 1 rings (SSSR count). The summed E-state index contributed by atoms with van der Waals surface area (Å²) >= 11 is 0. The van der Waals surface area contributed by atoms with Crippen molar-refractivity contribution in [1.82, 2.24) is 0 Å². The number of hydrogen-bond acceptors (Lipinski definition) is 8. The molecule has 9 nitrogen and oxygen atoms in total. The van der Waals surface area contributed by atoms with Crippen molar-refractivity contribution in [2.45, 2.75) is 32.4 Å². The summed E-state index contributed by atoms with van der Waals surface area (Å²) in [6.45, 7) is 3.16. The number of anilines is 1. The van der Waals surface area contributed by atoms with E-state index in [9.17, 15) is 10.1 Å². The van der Waals surface area contributed by atoms with Gasteiger partial charge in [0.15, 0.2) is 0 Å². The number of hydrogen-bond donors (Lipinski definition) is 1. The second-order valence-corrected chi connectivity index (χ2v) is 8.86. The van der Waals surface area contributed by atoms with E-state index in [1.807, 2.05) is 6.92 Å². The maximum Gasteiger partial charge on any atom is 0.500 e. The predicted molar refractivity (Wildman–Crippen MR) is 104 cm³/mol. The lowest BCUT2D eigenvalue weighted by Crippen LogP contribution is -2.42. The second-order valence-electron chi connectivity index (χ2n) is 5.77. The lowest BCUT2D eigenvalue weighted by Gasteiger charge is -2.24. The van der Waals surface area contributed by atoms with Gasteiger partial charge < -0.3 is 28.1 Å².